The maximum absolute atomic E-state index is 13.5. The molecule has 1 aromatic rings. The van der Waals surface area contributed by atoms with Crippen molar-refractivity contribution < 1.29 is 4.39 Å². The Morgan fingerprint density at radius 2 is 2.29 bits per heavy atom. The molecule has 1 heterocycles. The van der Waals surface area contributed by atoms with Crippen molar-refractivity contribution in [1.29, 1.82) is 0 Å². The molecule has 0 saturated heterocycles. The molecule has 0 spiro atoms. The SMILES string of the molecule is CCCNC1c2cc(F)cc(Cl)c2CSC1C. The first-order valence-corrected chi connectivity index (χ1v) is 7.39. The third-order valence-electron chi connectivity index (χ3n) is 3.10. The summed E-state index contributed by atoms with van der Waals surface area (Å²) in [6.45, 7) is 5.26. The average Bonchev–Trinajstić information content (AvgIpc) is 2.27. The van der Waals surface area contributed by atoms with Crippen LogP contribution in [0, 0.1) is 5.82 Å². The minimum Gasteiger partial charge on any atom is -0.309 e. The van der Waals surface area contributed by atoms with Crippen LogP contribution in [0.4, 0.5) is 4.39 Å². The van der Waals surface area contributed by atoms with Crippen LogP contribution in [0.25, 0.3) is 0 Å². The number of rotatable bonds is 3. The molecule has 1 aromatic carbocycles. The van der Waals surface area contributed by atoms with Gasteiger partial charge in [-0.1, -0.05) is 25.4 Å². The second kappa shape index (κ2) is 5.59. The Balaban J connectivity index is 2.36. The maximum Gasteiger partial charge on any atom is 0.125 e. The van der Waals surface area contributed by atoms with E-state index in [2.05, 4.69) is 19.2 Å². The van der Waals surface area contributed by atoms with Gasteiger partial charge in [0.2, 0.25) is 0 Å². The predicted octanol–water partition coefficient (Wildman–Crippen LogP) is 4.16. The van der Waals surface area contributed by atoms with Crippen molar-refractivity contribution in [3.8, 4) is 0 Å². The number of halogens is 2. The van der Waals surface area contributed by atoms with Gasteiger partial charge < -0.3 is 5.32 Å². The summed E-state index contributed by atoms with van der Waals surface area (Å²) in [6.07, 6.45) is 1.08. The topological polar surface area (TPSA) is 12.0 Å². The van der Waals surface area contributed by atoms with Crippen LogP contribution in [0.15, 0.2) is 12.1 Å². The number of fused-ring (bicyclic) bond motifs is 1. The molecule has 2 rings (SSSR count). The van der Waals surface area contributed by atoms with Crippen molar-refractivity contribution >= 4 is 23.4 Å². The summed E-state index contributed by atoms with van der Waals surface area (Å²) >= 11 is 7.98. The Kier molecular flexibility index (Phi) is 4.34. The summed E-state index contributed by atoms with van der Waals surface area (Å²) < 4.78 is 13.5. The zero-order chi connectivity index (χ0) is 12.4. The van der Waals surface area contributed by atoms with Crippen LogP contribution in [0.2, 0.25) is 5.02 Å². The van der Waals surface area contributed by atoms with E-state index in [4.69, 9.17) is 11.6 Å². The van der Waals surface area contributed by atoms with Crippen molar-refractivity contribution in [1.82, 2.24) is 5.32 Å². The lowest BCUT2D eigenvalue weighted by Crippen LogP contribution is -2.32. The lowest BCUT2D eigenvalue weighted by atomic mass is 9.98. The number of benzene rings is 1. The third kappa shape index (κ3) is 2.78. The van der Waals surface area contributed by atoms with Crippen LogP contribution in [0.1, 0.15) is 37.4 Å². The molecule has 0 fully saturated rings. The van der Waals surface area contributed by atoms with E-state index in [-0.39, 0.29) is 11.9 Å². The van der Waals surface area contributed by atoms with E-state index < -0.39 is 0 Å². The van der Waals surface area contributed by atoms with Crippen LogP contribution in [0.3, 0.4) is 0 Å². The Morgan fingerprint density at radius 1 is 1.53 bits per heavy atom. The molecule has 1 N–H and O–H groups in total. The largest absolute Gasteiger partial charge is 0.309 e. The number of hydrogen-bond acceptors (Lipinski definition) is 2. The van der Waals surface area contributed by atoms with Crippen LogP contribution < -0.4 is 5.32 Å². The first kappa shape index (κ1) is 13.2. The monoisotopic (exact) mass is 273 g/mol. The fraction of sp³-hybridized carbons (Fsp3) is 0.538. The van der Waals surface area contributed by atoms with Gasteiger partial charge in [0.15, 0.2) is 0 Å². The van der Waals surface area contributed by atoms with Gasteiger partial charge in [-0.05, 0) is 36.2 Å². The molecule has 94 valence electrons. The first-order valence-electron chi connectivity index (χ1n) is 5.96. The molecule has 1 aliphatic rings. The quantitative estimate of drug-likeness (QED) is 0.888. The van der Waals surface area contributed by atoms with Crippen LogP contribution in [-0.4, -0.2) is 11.8 Å². The van der Waals surface area contributed by atoms with Gasteiger partial charge in [-0.15, -0.1) is 0 Å². The summed E-state index contributed by atoms with van der Waals surface area (Å²) in [4.78, 5) is 0. The molecule has 0 radical (unpaired) electrons. The van der Waals surface area contributed by atoms with Crippen molar-refractivity contribution in [2.75, 3.05) is 6.54 Å². The third-order valence-corrected chi connectivity index (χ3v) is 4.69. The van der Waals surface area contributed by atoms with E-state index in [9.17, 15) is 4.39 Å². The second-order valence-corrected chi connectivity index (χ2v) is 6.18. The van der Waals surface area contributed by atoms with Gasteiger partial charge >= 0.3 is 0 Å². The molecule has 2 atom stereocenters. The molecule has 0 aromatic heterocycles. The van der Waals surface area contributed by atoms with Crippen molar-refractivity contribution in [3.05, 3.63) is 34.1 Å². The first-order chi connectivity index (χ1) is 8.13. The van der Waals surface area contributed by atoms with E-state index in [0.29, 0.717) is 10.3 Å². The Bertz CT molecular complexity index is 411. The highest BCUT2D eigenvalue weighted by molar-refractivity contribution is 7.99. The molecule has 0 bridgehead atoms. The van der Waals surface area contributed by atoms with Crippen molar-refractivity contribution in [2.45, 2.75) is 37.3 Å². The highest BCUT2D eigenvalue weighted by Gasteiger charge is 2.28. The molecule has 0 amide bonds. The predicted molar refractivity (Wildman–Crippen MR) is 73.2 cm³/mol. The molecule has 2 unspecified atom stereocenters. The molecule has 0 saturated carbocycles. The normalized spacial score (nSPS) is 23.5. The fourth-order valence-electron chi connectivity index (χ4n) is 2.19. The summed E-state index contributed by atoms with van der Waals surface area (Å²) in [5.41, 5.74) is 2.12. The highest BCUT2D eigenvalue weighted by Crippen LogP contribution is 2.40. The van der Waals surface area contributed by atoms with Gasteiger partial charge in [0.25, 0.3) is 0 Å². The number of nitrogens with one attached hydrogen (secondary N) is 1. The van der Waals surface area contributed by atoms with E-state index in [1.54, 1.807) is 6.07 Å². The molecule has 0 aliphatic carbocycles. The average molecular weight is 274 g/mol. The number of hydrogen-bond donors (Lipinski definition) is 1. The lowest BCUT2D eigenvalue weighted by Gasteiger charge is -2.32. The fourth-order valence-corrected chi connectivity index (χ4v) is 3.74. The number of thioether (sulfide) groups is 1. The van der Waals surface area contributed by atoms with E-state index in [1.807, 2.05) is 11.8 Å². The molecule has 4 heteroatoms. The Labute approximate surface area is 111 Å². The minimum absolute atomic E-state index is 0.205. The van der Waals surface area contributed by atoms with Crippen molar-refractivity contribution in [2.24, 2.45) is 0 Å². The summed E-state index contributed by atoms with van der Waals surface area (Å²) in [6, 6.07) is 3.25. The molecule has 1 aliphatic heterocycles. The molecule has 1 nitrogen and oxygen atoms in total. The van der Waals surface area contributed by atoms with Gasteiger partial charge in [0, 0.05) is 22.1 Å². The van der Waals surface area contributed by atoms with Gasteiger partial charge in [-0.2, -0.15) is 11.8 Å². The van der Waals surface area contributed by atoms with E-state index >= 15 is 0 Å². The van der Waals surface area contributed by atoms with Crippen molar-refractivity contribution in [3.63, 3.8) is 0 Å². The van der Waals surface area contributed by atoms with Crippen LogP contribution in [-0.2, 0) is 5.75 Å². The lowest BCUT2D eigenvalue weighted by molar-refractivity contribution is 0.516. The summed E-state index contributed by atoms with van der Waals surface area (Å²) in [5.74, 6) is 0.635. The van der Waals surface area contributed by atoms with Crippen LogP contribution in [0.5, 0.6) is 0 Å². The van der Waals surface area contributed by atoms with Gasteiger partial charge in [0.05, 0.1) is 0 Å². The standard InChI is InChI=1S/C13H17ClFNS/c1-3-4-16-13-8(2)17-7-11-10(13)5-9(15)6-12(11)14/h5-6,8,13,16H,3-4,7H2,1-2H3. The zero-order valence-electron chi connectivity index (χ0n) is 10.1. The van der Waals surface area contributed by atoms with E-state index in [0.717, 1.165) is 29.8 Å². The summed E-state index contributed by atoms with van der Waals surface area (Å²) in [5, 5.41) is 4.49. The van der Waals surface area contributed by atoms with Gasteiger partial charge in [-0.3, -0.25) is 0 Å². The second-order valence-electron chi connectivity index (χ2n) is 4.40. The summed E-state index contributed by atoms with van der Waals surface area (Å²) in [7, 11) is 0. The smallest absolute Gasteiger partial charge is 0.125 e. The Hall–Kier alpha value is -0.250. The van der Waals surface area contributed by atoms with Gasteiger partial charge in [-0.25, -0.2) is 4.39 Å². The van der Waals surface area contributed by atoms with E-state index in [1.165, 1.54) is 6.07 Å². The molecular weight excluding hydrogens is 257 g/mol. The van der Waals surface area contributed by atoms with Gasteiger partial charge in [0.1, 0.15) is 5.82 Å². The Morgan fingerprint density at radius 3 is 3.00 bits per heavy atom. The minimum atomic E-state index is -0.240. The molecule has 17 heavy (non-hydrogen) atoms. The zero-order valence-corrected chi connectivity index (χ0v) is 11.7. The maximum atomic E-state index is 13.5. The van der Waals surface area contributed by atoms with Crippen LogP contribution >= 0.6 is 23.4 Å². The molecular formula is C13H17ClFNS. The highest BCUT2D eigenvalue weighted by atomic mass is 35.5.